The molecule has 0 radical (unpaired) electrons. The fraction of sp³-hybridized carbons (Fsp3) is 0.526. The van der Waals surface area contributed by atoms with Crippen LogP contribution < -0.4 is 0 Å². The SMILES string of the molecule is CCCCCc1cc(O)c(CC=C(C)CCC)c(O)c1C(=O)O. The van der Waals surface area contributed by atoms with E-state index < -0.39 is 5.97 Å². The highest BCUT2D eigenvalue weighted by Crippen LogP contribution is 2.35. The van der Waals surface area contributed by atoms with Crippen molar-refractivity contribution in [1.29, 1.82) is 0 Å². The molecule has 0 spiro atoms. The third-order valence-corrected chi connectivity index (χ3v) is 4.03. The lowest BCUT2D eigenvalue weighted by molar-refractivity contribution is 0.0692. The van der Waals surface area contributed by atoms with Crippen molar-refractivity contribution in [1.82, 2.24) is 0 Å². The first-order chi connectivity index (χ1) is 10.9. The Bertz CT molecular complexity index is 573. The van der Waals surface area contributed by atoms with Crippen LogP contribution in [0.3, 0.4) is 0 Å². The van der Waals surface area contributed by atoms with E-state index in [2.05, 4.69) is 13.8 Å². The number of aromatic carboxylic acids is 1. The number of aryl methyl sites for hydroxylation is 1. The fourth-order valence-corrected chi connectivity index (χ4v) is 2.72. The summed E-state index contributed by atoms with van der Waals surface area (Å²) in [5.41, 5.74) is 1.88. The van der Waals surface area contributed by atoms with E-state index >= 15 is 0 Å². The van der Waals surface area contributed by atoms with Crippen LogP contribution in [0.15, 0.2) is 17.7 Å². The minimum Gasteiger partial charge on any atom is -0.508 e. The summed E-state index contributed by atoms with van der Waals surface area (Å²) in [4.78, 5) is 11.5. The highest BCUT2D eigenvalue weighted by atomic mass is 16.4. The Labute approximate surface area is 138 Å². The molecule has 1 aromatic carbocycles. The number of unbranched alkanes of at least 4 members (excludes halogenated alkanes) is 2. The van der Waals surface area contributed by atoms with Crippen molar-refractivity contribution in [2.24, 2.45) is 0 Å². The second-order valence-electron chi connectivity index (χ2n) is 6.02. The lowest BCUT2D eigenvalue weighted by Crippen LogP contribution is -2.05. The maximum absolute atomic E-state index is 11.5. The molecule has 0 aromatic heterocycles. The summed E-state index contributed by atoms with van der Waals surface area (Å²) in [6.45, 7) is 6.15. The van der Waals surface area contributed by atoms with E-state index in [9.17, 15) is 20.1 Å². The number of hydrogen-bond donors (Lipinski definition) is 3. The summed E-state index contributed by atoms with van der Waals surface area (Å²) in [5.74, 6) is -1.48. The van der Waals surface area contributed by atoms with Gasteiger partial charge in [0.2, 0.25) is 0 Å². The minimum atomic E-state index is -1.15. The number of phenolic OH excluding ortho intramolecular Hbond substituents is 1. The molecule has 0 bridgehead atoms. The number of carboxylic acids is 1. The zero-order valence-corrected chi connectivity index (χ0v) is 14.4. The molecule has 4 heteroatoms. The predicted molar refractivity (Wildman–Crippen MR) is 92.3 cm³/mol. The Morgan fingerprint density at radius 1 is 1.17 bits per heavy atom. The number of benzene rings is 1. The van der Waals surface area contributed by atoms with Gasteiger partial charge in [-0.05, 0) is 44.2 Å². The van der Waals surface area contributed by atoms with E-state index in [1.807, 2.05) is 13.0 Å². The molecule has 0 saturated carbocycles. The number of carbonyl (C=O) groups is 1. The molecule has 0 aliphatic carbocycles. The van der Waals surface area contributed by atoms with Crippen molar-refractivity contribution < 1.29 is 20.1 Å². The molecule has 23 heavy (non-hydrogen) atoms. The van der Waals surface area contributed by atoms with E-state index in [1.165, 1.54) is 6.07 Å². The maximum atomic E-state index is 11.5. The zero-order valence-electron chi connectivity index (χ0n) is 14.4. The minimum absolute atomic E-state index is 0.0282. The Hall–Kier alpha value is -1.97. The average molecular weight is 320 g/mol. The van der Waals surface area contributed by atoms with Gasteiger partial charge in [0.05, 0.1) is 0 Å². The van der Waals surface area contributed by atoms with E-state index in [-0.39, 0.29) is 22.6 Å². The summed E-state index contributed by atoms with van der Waals surface area (Å²) in [6.07, 6.45) is 7.63. The van der Waals surface area contributed by atoms with Crippen LogP contribution >= 0.6 is 0 Å². The van der Waals surface area contributed by atoms with E-state index in [1.54, 1.807) is 0 Å². The molecule has 1 aromatic rings. The summed E-state index contributed by atoms with van der Waals surface area (Å²) in [7, 11) is 0. The van der Waals surface area contributed by atoms with Gasteiger partial charge < -0.3 is 15.3 Å². The van der Waals surface area contributed by atoms with Gasteiger partial charge in [-0.3, -0.25) is 0 Å². The van der Waals surface area contributed by atoms with Gasteiger partial charge in [0.1, 0.15) is 17.1 Å². The molecule has 0 aliphatic heterocycles. The van der Waals surface area contributed by atoms with Crippen molar-refractivity contribution in [3.05, 3.63) is 34.4 Å². The molecule has 0 fully saturated rings. The largest absolute Gasteiger partial charge is 0.508 e. The third-order valence-electron chi connectivity index (χ3n) is 4.03. The maximum Gasteiger partial charge on any atom is 0.339 e. The van der Waals surface area contributed by atoms with E-state index in [0.29, 0.717) is 18.4 Å². The van der Waals surface area contributed by atoms with Crippen LogP contribution in [0.25, 0.3) is 0 Å². The summed E-state index contributed by atoms with van der Waals surface area (Å²) in [5, 5.41) is 30.0. The van der Waals surface area contributed by atoms with Crippen LogP contribution in [0.1, 0.15) is 74.4 Å². The second kappa shape index (κ2) is 9.23. The average Bonchev–Trinajstić information content (AvgIpc) is 2.46. The Morgan fingerprint density at radius 2 is 1.87 bits per heavy atom. The third kappa shape index (κ3) is 5.31. The Kier molecular flexibility index (Phi) is 7.66. The van der Waals surface area contributed by atoms with Crippen LogP contribution in [0.2, 0.25) is 0 Å². The van der Waals surface area contributed by atoms with Gasteiger partial charge in [-0.2, -0.15) is 0 Å². The zero-order chi connectivity index (χ0) is 17.4. The number of allylic oxidation sites excluding steroid dienone is 2. The van der Waals surface area contributed by atoms with Crippen LogP contribution in [-0.2, 0) is 12.8 Å². The lowest BCUT2D eigenvalue weighted by Gasteiger charge is -2.14. The van der Waals surface area contributed by atoms with E-state index in [0.717, 1.165) is 37.7 Å². The molecule has 128 valence electrons. The van der Waals surface area contributed by atoms with E-state index in [4.69, 9.17) is 0 Å². The normalized spacial score (nSPS) is 11.7. The van der Waals surface area contributed by atoms with Gasteiger partial charge in [0, 0.05) is 5.56 Å². The predicted octanol–water partition coefficient (Wildman–Crippen LogP) is 4.82. The van der Waals surface area contributed by atoms with Crippen LogP contribution in [0, 0.1) is 0 Å². The molecule has 0 amide bonds. The van der Waals surface area contributed by atoms with Gasteiger partial charge in [0.15, 0.2) is 0 Å². The first-order valence-corrected chi connectivity index (χ1v) is 8.37. The number of hydrogen-bond acceptors (Lipinski definition) is 3. The van der Waals surface area contributed by atoms with Crippen molar-refractivity contribution in [2.45, 2.75) is 65.7 Å². The number of carboxylic acid groups (broad SMARTS) is 1. The van der Waals surface area contributed by atoms with Gasteiger partial charge >= 0.3 is 5.97 Å². The van der Waals surface area contributed by atoms with Crippen LogP contribution in [-0.4, -0.2) is 21.3 Å². The smallest absolute Gasteiger partial charge is 0.339 e. The van der Waals surface area contributed by atoms with Crippen molar-refractivity contribution >= 4 is 5.97 Å². The van der Waals surface area contributed by atoms with Crippen molar-refractivity contribution in [2.75, 3.05) is 0 Å². The highest BCUT2D eigenvalue weighted by Gasteiger charge is 2.21. The molecule has 0 atom stereocenters. The van der Waals surface area contributed by atoms with Gasteiger partial charge in [-0.25, -0.2) is 4.79 Å². The van der Waals surface area contributed by atoms with Gasteiger partial charge in [-0.1, -0.05) is 44.8 Å². The molecule has 0 aliphatic rings. The molecule has 0 saturated heterocycles. The topological polar surface area (TPSA) is 77.8 Å². The number of aromatic hydroxyl groups is 2. The Morgan fingerprint density at radius 3 is 2.43 bits per heavy atom. The molecule has 0 unspecified atom stereocenters. The first kappa shape index (κ1) is 19.1. The first-order valence-electron chi connectivity index (χ1n) is 8.37. The van der Waals surface area contributed by atoms with Crippen molar-refractivity contribution in [3.63, 3.8) is 0 Å². The number of phenols is 2. The molecule has 0 heterocycles. The van der Waals surface area contributed by atoms with Crippen molar-refractivity contribution in [3.8, 4) is 11.5 Å². The molecular formula is C19H28O4. The van der Waals surface area contributed by atoms with Gasteiger partial charge in [-0.15, -0.1) is 0 Å². The lowest BCUT2D eigenvalue weighted by atomic mass is 9.95. The number of rotatable bonds is 9. The molecule has 3 N–H and O–H groups in total. The molecular weight excluding hydrogens is 292 g/mol. The Balaban J connectivity index is 3.16. The summed E-state index contributed by atoms with van der Waals surface area (Å²) in [6, 6.07) is 1.50. The molecule has 4 nitrogen and oxygen atoms in total. The summed E-state index contributed by atoms with van der Waals surface area (Å²) < 4.78 is 0. The highest BCUT2D eigenvalue weighted by molar-refractivity contribution is 5.93. The quantitative estimate of drug-likeness (QED) is 0.450. The molecule has 1 rings (SSSR count). The second-order valence-corrected chi connectivity index (χ2v) is 6.02. The van der Waals surface area contributed by atoms with Gasteiger partial charge in [0.25, 0.3) is 0 Å². The van der Waals surface area contributed by atoms with Crippen LogP contribution in [0.4, 0.5) is 0 Å². The van der Waals surface area contributed by atoms with Crippen LogP contribution in [0.5, 0.6) is 11.5 Å². The summed E-state index contributed by atoms with van der Waals surface area (Å²) >= 11 is 0. The standard InChI is InChI=1S/C19H28O4/c1-4-6-7-9-14-12-16(20)15(11-10-13(3)8-5-2)18(21)17(14)19(22)23/h10,12,20-21H,4-9,11H2,1-3H3,(H,22,23). The fourth-order valence-electron chi connectivity index (χ4n) is 2.72. The monoisotopic (exact) mass is 320 g/mol.